The lowest BCUT2D eigenvalue weighted by Crippen LogP contribution is -2.12. The highest BCUT2D eigenvalue weighted by Gasteiger charge is 2.13. The zero-order valence-electron chi connectivity index (χ0n) is 13.0. The van der Waals surface area contributed by atoms with Crippen LogP contribution in [-0.2, 0) is 6.61 Å². The maximum absolute atomic E-state index is 12.2. The molecule has 0 atom stereocenters. The molecule has 4 rings (SSSR count). The highest BCUT2D eigenvalue weighted by molar-refractivity contribution is 7.13. The number of imidazole rings is 1. The first-order chi connectivity index (χ1) is 12.2. The number of nitrogens with zero attached hydrogens (tertiary/aromatic N) is 4. The number of aliphatic hydroxyl groups excluding tert-OH is 1. The summed E-state index contributed by atoms with van der Waals surface area (Å²) in [6.45, 7) is -0.00289. The number of rotatable bonds is 4. The smallest absolute Gasteiger partial charge is 0.277 e. The Balaban J connectivity index is 1.66. The number of pyridine rings is 1. The van der Waals surface area contributed by atoms with Gasteiger partial charge in [-0.2, -0.15) is 0 Å². The molecule has 0 fully saturated rings. The van der Waals surface area contributed by atoms with Gasteiger partial charge in [0.1, 0.15) is 16.9 Å². The van der Waals surface area contributed by atoms with Crippen molar-refractivity contribution >= 4 is 28.0 Å². The molecule has 0 radical (unpaired) electrons. The first kappa shape index (κ1) is 15.4. The van der Waals surface area contributed by atoms with Crippen molar-refractivity contribution in [2.75, 3.05) is 5.32 Å². The molecule has 0 aliphatic heterocycles. The van der Waals surface area contributed by atoms with Crippen molar-refractivity contribution in [3.63, 3.8) is 0 Å². The second kappa shape index (κ2) is 6.42. The predicted octanol–water partition coefficient (Wildman–Crippen LogP) is 2.60. The van der Waals surface area contributed by atoms with Crippen LogP contribution in [-0.4, -0.2) is 30.6 Å². The fourth-order valence-corrected chi connectivity index (χ4v) is 2.95. The summed E-state index contributed by atoms with van der Waals surface area (Å²) >= 11 is 1.25. The highest BCUT2D eigenvalue weighted by Crippen LogP contribution is 2.22. The van der Waals surface area contributed by atoms with E-state index >= 15 is 0 Å². The summed E-state index contributed by atoms with van der Waals surface area (Å²) < 4.78 is 1.80. The minimum atomic E-state index is -0.329. The Kier molecular flexibility index (Phi) is 3.96. The molecule has 0 bridgehead atoms. The zero-order chi connectivity index (χ0) is 17.2. The first-order valence-corrected chi connectivity index (χ1v) is 8.37. The summed E-state index contributed by atoms with van der Waals surface area (Å²) in [5, 5.41) is 19.8. The molecule has 3 aromatic heterocycles. The second-order valence-corrected chi connectivity index (χ2v) is 6.20. The third-order valence-corrected chi connectivity index (χ3v) is 4.31. The molecule has 2 N–H and O–H groups in total. The fraction of sp³-hybridized carbons (Fsp3) is 0.0588. The van der Waals surface area contributed by atoms with E-state index in [0.29, 0.717) is 16.5 Å². The number of nitrogens with one attached hydrogen (secondary N) is 1. The molecule has 4 aromatic rings. The molecular formula is C17H13N5O2S. The van der Waals surface area contributed by atoms with Crippen molar-refractivity contribution in [3.05, 3.63) is 65.6 Å². The van der Waals surface area contributed by atoms with Crippen molar-refractivity contribution < 1.29 is 9.90 Å². The van der Waals surface area contributed by atoms with Gasteiger partial charge in [-0.1, -0.05) is 29.5 Å². The number of aromatic nitrogens is 4. The number of aliphatic hydroxyl groups is 1. The minimum absolute atomic E-state index is 0.00289. The lowest BCUT2D eigenvalue weighted by molar-refractivity contribution is 0.102. The summed E-state index contributed by atoms with van der Waals surface area (Å²) in [4.78, 5) is 16.6. The number of hydrogen-bond donors (Lipinski definition) is 2. The summed E-state index contributed by atoms with van der Waals surface area (Å²) in [6, 6.07) is 11.5. The predicted molar refractivity (Wildman–Crippen MR) is 94.4 cm³/mol. The number of amides is 1. The lowest BCUT2D eigenvalue weighted by Gasteiger charge is -2.04. The van der Waals surface area contributed by atoms with E-state index in [4.69, 9.17) is 0 Å². The van der Waals surface area contributed by atoms with Gasteiger partial charge in [-0.25, -0.2) is 4.98 Å². The van der Waals surface area contributed by atoms with E-state index < -0.39 is 0 Å². The van der Waals surface area contributed by atoms with Crippen molar-refractivity contribution in [1.82, 2.24) is 19.6 Å². The van der Waals surface area contributed by atoms with Crippen LogP contribution in [0, 0.1) is 0 Å². The second-order valence-electron chi connectivity index (χ2n) is 5.37. The molecule has 0 spiro atoms. The van der Waals surface area contributed by atoms with Gasteiger partial charge in [0.2, 0.25) is 5.13 Å². The molecule has 0 aliphatic carbocycles. The van der Waals surface area contributed by atoms with Gasteiger partial charge < -0.3 is 9.51 Å². The van der Waals surface area contributed by atoms with Crippen molar-refractivity contribution in [1.29, 1.82) is 0 Å². The Bertz CT molecular complexity index is 1040. The lowest BCUT2D eigenvalue weighted by atomic mass is 10.1. The number of hydrogen-bond acceptors (Lipinski definition) is 6. The van der Waals surface area contributed by atoms with Crippen LogP contribution in [0.1, 0.15) is 16.1 Å². The van der Waals surface area contributed by atoms with E-state index in [1.54, 1.807) is 16.1 Å². The molecular weight excluding hydrogens is 338 g/mol. The van der Waals surface area contributed by atoms with Gasteiger partial charge in [-0.05, 0) is 34.9 Å². The van der Waals surface area contributed by atoms with Crippen molar-refractivity contribution in [2.24, 2.45) is 0 Å². The van der Waals surface area contributed by atoms with Crippen LogP contribution in [0.2, 0.25) is 0 Å². The van der Waals surface area contributed by atoms with Crippen LogP contribution in [0.4, 0.5) is 5.13 Å². The van der Waals surface area contributed by atoms with Crippen LogP contribution in [0.3, 0.4) is 0 Å². The van der Waals surface area contributed by atoms with Gasteiger partial charge in [0, 0.05) is 12.4 Å². The van der Waals surface area contributed by atoms with Crippen LogP contribution >= 0.6 is 11.3 Å². The van der Waals surface area contributed by atoms with Gasteiger partial charge in [0.25, 0.3) is 5.91 Å². The fourth-order valence-electron chi connectivity index (χ4n) is 2.51. The summed E-state index contributed by atoms with van der Waals surface area (Å²) in [6.07, 6.45) is 3.58. The average Bonchev–Trinajstić information content (AvgIpc) is 3.30. The molecule has 7 nitrogen and oxygen atoms in total. The minimum Gasteiger partial charge on any atom is -0.392 e. The molecule has 3 heterocycles. The Labute approximate surface area is 146 Å². The normalized spacial score (nSPS) is 10.9. The molecule has 0 saturated heterocycles. The quantitative estimate of drug-likeness (QED) is 0.589. The third-order valence-electron chi connectivity index (χ3n) is 3.71. The average molecular weight is 351 g/mol. The van der Waals surface area contributed by atoms with Gasteiger partial charge in [0.05, 0.1) is 6.61 Å². The number of carbonyl (C=O) groups excluding carboxylic acids is 1. The molecule has 25 heavy (non-hydrogen) atoms. The summed E-state index contributed by atoms with van der Waals surface area (Å²) in [5.41, 5.74) is 5.33. The van der Waals surface area contributed by atoms with Gasteiger partial charge in [-0.15, -0.1) is 10.2 Å². The van der Waals surface area contributed by atoms with E-state index in [0.717, 1.165) is 16.7 Å². The summed E-state index contributed by atoms with van der Waals surface area (Å²) in [5.74, 6) is -0.329. The topological polar surface area (TPSA) is 92.4 Å². The molecule has 8 heteroatoms. The van der Waals surface area contributed by atoms with Crippen LogP contribution in [0.15, 0.2) is 54.3 Å². The Morgan fingerprint density at radius 3 is 2.92 bits per heavy atom. The van der Waals surface area contributed by atoms with Crippen LogP contribution in [0.5, 0.6) is 0 Å². The van der Waals surface area contributed by atoms with E-state index in [2.05, 4.69) is 20.5 Å². The van der Waals surface area contributed by atoms with Crippen LogP contribution in [0.25, 0.3) is 16.8 Å². The molecule has 1 aromatic carbocycles. The number of anilines is 1. The van der Waals surface area contributed by atoms with Crippen molar-refractivity contribution in [3.8, 4) is 11.1 Å². The van der Waals surface area contributed by atoms with Gasteiger partial charge in [-0.3, -0.25) is 10.1 Å². The number of fused-ring (bicyclic) bond motifs is 1. The molecule has 1 amide bonds. The Morgan fingerprint density at radius 1 is 1.20 bits per heavy atom. The molecule has 0 aliphatic rings. The van der Waals surface area contributed by atoms with E-state index in [1.165, 1.54) is 11.3 Å². The third kappa shape index (κ3) is 3.12. The maximum atomic E-state index is 12.2. The highest BCUT2D eigenvalue weighted by atomic mass is 32.1. The first-order valence-electron chi connectivity index (χ1n) is 7.49. The van der Waals surface area contributed by atoms with E-state index in [-0.39, 0.29) is 12.5 Å². The van der Waals surface area contributed by atoms with Gasteiger partial charge >= 0.3 is 0 Å². The van der Waals surface area contributed by atoms with E-state index in [1.807, 2.05) is 42.6 Å². The van der Waals surface area contributed by atoms with Crippen molar-refractivity contribution in [2.45, 2.75) is 6.61 Å². The summed E-state index contributed by atoms with van der Waals surface area (Å²) in [7, 11) is 0. The van der Waals surface area contributed by atoms with Gasteiger partial charge in [0.15, 0.2) is 0 Å². The Morgan fingerprint density at radius 2 is 2.12 bits per heavy atom. The maximum Gasteiger partial charge on any atom is 0.277 e. The number of carbonyl (C=O) groups is 1. The molecule has 124 valence electrons. The largest absolute Gasteiger partial charge is 0.392 e. The monoisotopic (exact) mass is 351 g/mol. The standard InChI is InChI=1S/C17H13N5O2S/c23-9-11-2-1-3-12(6-11)13-4-5-15-19-14(8-22(15)7-13)16(24)20-17-21-18-10-25-17/h1-8,10,23H,9H2,(H,20,21,24). The van der Waals surface area contributed by atoms with E-state index in [9.17, 15) is 9.90 Å². The molecule has 0 unspecified atom stereocenters. The van der Waals surface area contributed by atoms with Crippen LogP contribution < -0.4 is 5.32 Å². The molecule has 0 saturated carbocycles. The Hall–Kier alpha value is -3.10. The SMILES string of the molecule is O=C(Nc1nncs1)c1cn2cc(-c3cccc(CO)c3)ccc2n1. The zero-order valence-corrected chi connectivity index (χ0v) is 13.8. The number of benzene rings is 1.